The highest BCUT2D eigenvalue weighted by atomic mass is 32.2. The summed E-state index contributed by atoms with van der Waals surface area (Å²) in [5.74, 6) is -1.78. The van der Waals surface area contributed by atoms with E-state index in [-0.39, 0.29) is 22.2 Å². The van der Waals surface area contributed by atoms with Crippen LogP contribution >= 0.6 is 0 Å². The zero-order valence-corrected chi connectivity index (χ0v) is 14.7. The molecule has 0 amide bonds. The highest BCUT2D eigenvalue weighted by Gasteiger charge is 2.38. The van der Waals surface area contributed by atoms with Gasteiger partial charge in [0.1, 0.15) is 5.75 Å². The smallest absolute Gasteiger partial charge is 0.471 e. The molecule has 1 heterocycles. The molecule has 3 rings (SSSR count). The number of nitrogens with zero attached hydrogens (tertiary/aromatic N) is 2. The van der Waals surface area contributed by atoms with Crippen LogP contribution in [0.1, 0.15) is 17.3 Å². The molecule has 0 saturated carbocycles. The van der Waals surface area contributed by atoms with E-state index in [0.29, 0.717) is 5.56 Å². The van der Waals surface area contributed by atoms with Crippen LogP contribution in [0.15, 0.2) is 57.9 Å². The first kappa shape index (κ1) is 19.4. The largest absolute Gasteiger partial charge is 0.508 e. The number of benzene rings is 2. The number of alkyl halides is 3. The van der Waals surface area contributed by atoms with Gasteiger partial charge in [0.2, 0.25) is 0 Å². The third-order valence-electron chi connectivity index (χ3n) is 3.40. The van der Waals surface area contributed by atoms with E-state index in [9.17, 15) is 26.7 Å². The van der Waals surface area contributed by atoms with E-state index < -0.39 is 22.1 Å². The molecule has 1 aromatic heterocycles. The van der Waals surface area contributed by atoms with Crippen LogP contribution in [0.3, 0.4) is 0 Å². The predicted octanol–water partition coefficient (Wildman–Crippen LogP) is 3.77. The first-order chi connectivity index (χ1) is 13.1. The van der Waals surface area contributed by atoms with Crippen molar-refractivity contribution in [2.75, 3.05) is 4.72 Å². The second-order valence-corrected chi connectivity index (χ2v) is 7.20. The standard InChI is InChI=1S/C17H12F3N3O4S/c18-17(19,20)16-21-15(22-27-16)9-4-11-2-1-3-14(10-11)28(25,26)23-12-5-7-13(24)8-6-12/h1-10,23-24H. The van der Waals surface area contributed by atoms with Crippen LogP contribution in [-0.2, 0) is 16.2 Å². The Labute approximate surface area is 157 Å². The number of hydrogen-bond acceptors (Lipinski definition) is 6. The second kappa shape index (κ2) is 7.35. The Balaban J connectivity index is 1.79. The number of anilines is 1. The molecule has 0 spiro atoms. The van der Waals surface area contributed by atoms with Crippen LogP contribution in [0.5, 0.6) is 5.75 Å². The number of aromatic nitrogens is 2. The number of phenols is 1. The van der Waals surface area contributed by atoms with E-state index in [1.165, 1.54) is 48.5 Å². The molecule has 7 nitrogen and oxygen atoms in total. The quantitative estimate of drug-likeness (QED) is 0.620. The van der Waals surface area contributed by atoms with Crippen molar-refractivity contribution in [2.24, 2.45) is 0 Å². The molecule has 0 aliphatic rings. The molecule has 0 radical (unpaired) electrons. The fraction of sp³-hybridized carbons (Fsp3) is 0.0588. The summed E-state index contributed by atoms with van der Waals surface area (Å²) in [6.07, 6.45) is -2.23. The van der Waals surface area contributed by atoms with E-state index in [0.717, 1.165) is 6.08 Å². The number of rotatable bonds is 5. The van der Waals surface area contributed by atoms with Crippen LogP contribution in [0.4, 0.5) is 18.9 Å². The molecular weight excluding hydrogens is 399 g/mol. The molecule has 0 bridgehead atoms. The summed E-state index contributed by atoms with van der Waals surface area (Å²) >= 11 is 0. The molecule has 28 heavy (non-hydrogen) atoms. The van der Waals surface area contributed by atoms with Gasteiger partial charge in [0.15, 0.2) is 5.82 Å². The first-order valence-electron chi connectivity index (χ1n) is 7.64. The van der Waals surface area contributed by atoms with Gasteiger partial charge in [0.05, 0.1) is 4.90 Å². The lowest BCUT2D eigenvalue weighted by Gasteiger charge is -2.08. The topological polar surface area (TPSA) is 105 Å². The number of hydrogen-bond donors (Lipinski definition) is 2. The Morgan fingerprint density at radius 3 is 2.43 bits per heavy atom. The minimum absolute atomic E-state index is 0.00905. The molecule has 0 unspecified atom stereocenters. The number of phenolic OH excluding ortho intramolecular Hbond substituents is 1. The minimum atomic E-state index is -4.74. The zero-order chi connectivity index (χ0) is 20.4. The lowest BCUT2D eigenvalue weighted by molar-refractivity contribution is -0.159. The first-order valence-corrected chi connectivity index (χ1v) is 9.13. The van der Waals surface area contributed by atoms with Gasteiger partial charge in [-0.05, 0) is 48.0 Å². The van der Waals surface area contributed by atoms with Gasteiger partial charge in [0, 0.05) is 5.69 Å². The molecule has 0 saturated heterocycles. The average Bonchev–Trinajstić information content (AvgIpc) is 3.12. The molecule has 2 N–H and O–H groups in total. The number of sulfonamides is 1. The Hall–Kier alpha value is -3.34. The van der Waals surface area contributed by atoms with Gasteiger partial charge in [-0.2, -0.15) is 18.2 Å². The third-order valence-corrected chi connectivity index (χ3v) is 4.78. The molecule has 2 aromatic carbocycles. The highest BCUT2D eigenvalue weighted by Crippen LogP contribution is 2.27. The summed E-state index contributed by atoms with van der Waals surface area (Å²) in [4.78, 5) is 3.13. The molecule has 11 heteroatoms. The predicted molar refractivity (Wildman–Crippen MR) is 93.6 cm³/mol. The Bertz CT molecular complexity index is 1110. The van der Waals surface area contributed by atoms with E-state index in [1.54, 1.807) is 6.07 Å². The lowest BCUT2D eigenvalue weighted by Crippen LogP contribution is -2.12. The molecule has 0 aliphatic heterocycles. The fourth-order valence-corrected chi connectivity index (χ4v) is 3.23. The molecular formula is C17H12F3N3O4S. The van der Waals surface area contributed by atoms with Crippen LogP contribution in [0.25, 0.3) is 12.2 Å². The van der Waals surface area contributed by atoms with Crippen LogP contribution < -0.4 is 4.72 Å². The van der Waals surface area contributed by atoms with Gasteiger partial charge >= 0.3 is 12.1 Å². The van der Waals surface area contributed by atoms with Gasteiger partial charge in [-0.25, -0.2) is 8.42 Å². The Morgan fingerprint density at radius 1 is 1.07 bits per heavy atom. The number of nitrogens with one attached hydrogen (secondary N) is 1. The zero-order valence-electron chi connectivity index (χ0n) is 13.9. The molecule has 146 valence electrons. The molecule has 0 fully saturated rings. The monoisotopic (exact) mass is 411 g/mol. The van der Waals surface area contributed by atoms with Gasteiger partial charge < -0.3 is 9.63 Å². The second-order valence-electron chi connectivity index (χ2n) is 5.51. The normalized spacial score (nSPS) is 12.4. The maximum absolute atomic E-state index is 12.5. The van der Waals surface area contributed by atoms with Crippen molar-refractivity contribution in [2.45, 2.75) is 11.1 Å². The Kier molecular flexibility index (Phi) is 5.10. The SMILES string of the molecule is O=S(=O)(Nc1ccc(O)cc1)c1cccc(C=Cc2noc(C(F)(F)F)n2)c1. The van der Waals surface area contributed by atoms with Crippen molar-refractivity contribution >= 4 is 27.9 Å². The summed E-state index contributed by atoms with van der Waals surface area (Å²) in [5.41, 5.74) is 0.650. The van der Waals surface area contributed by atoms with Crippen LogP contribution in [0.2, 0.25) is 0 Å². The van der Waals surface area contributed by atoms with E-state index >= 15 is 0 Å². The average molecular weight is 411 g/mol. The summed E-state index contributed by atoms with van der Waals surface area (Å²) in [7, 11) is -3.91. The summed E-state index contributed by atoms with van der Waals surface area (Å²) in [6.45, 7) is 0. The summed E-state index contributed by atoms with van der Waals surface area (Å²) in [5, 5.41) is 12.4. The Morgan fingerprint density at radius 2 is 1.79 bits per heavy atom. The van der Waals surface area contributed by atoms with E-state index in [2.05, 4.69) is 19.4 Å². The van der Waals surface area contributed by atoms with Crippen molar-refractivity contribution in [3.63, 3.8) is 0 Å². The maximum atomic E-state index is 12.5. The van der Waals surface area contributed by atoms with Crippen LogP contribution in [0, 0.1) is 0 Å². The lowest BCUT2D eigenvalue weighted by atomic mass is 10.2. The third kappa shape index (κ3) is 4.68. The van der Waals surface area contributed by atoms with Gasteiger partial charge in [0.25, 0.3) is 10.0 Å². The number of halogens is 3. The van der Waals surface area contributed by atoms with Crippen LogP contribution in [-0.4, -0.2) is 23.7 Å². The van der Waals surface area contributed by atoms with Crippen molar-refractivity contribution in [1.82, 2.24) is 10.1 Å². The van der Waals surface area contributed by atoms with Gasteiger partial charge in [-0.1, -0.05) is 23.4 Å². The minimum Gasteiger partial charge on any atom is -0.508 e. The van der Waals surface area contributed by atoms with Crippen molar-refractivity contribution in [1.29, 1.82) is 0 Å². The summed E-state index contributed by atoms with van der Waals surface area (Å²) < 4.78 is 68.7. The molecule has 3 aromatic rings. The summed E-state index contributed by atoms with van der Waals surface area (Å²) in [6, 6.07) is 11.2. The molecule has 0 aliphatic carbocycles. The van der Waals surface area contributed by atoms with Gasteiger partial charge in [-0.3, -0.25) is 4.72 Å². The van der Waals surface area contributed by atoms with Crippen molar-refractivity contribution in [3.05, 3.63) is 65.8 Å². The van der Waals surface area contributed by atoms with E-state index in [4.69, 9.17) is 0 Å². The van der Waals surface area contributed by atoms with E-state index in [1.807, 2.05) is 0 Å². The fourth-order valence-electron chi connectivity index (χ4n) is 2.12. The van der Waals surface area contributed by atoms with Crippen molar-refractivity contribution < 1.29 is 31.2 Å². The number of aromatic hydroxyl groups is 1. The molecule has 0 atom stereocenters. The van der Waals surface area contributed by atoms with Crippen molar-refractivity contribution in [3.8, 4) is 5.75 Å². The maximum Gasteiger partial charge on any atom is 0.471 e. The van der Waals surface area contributed by atoms with Gasteiger partial charge in [-0.15, -0.1) is 0 Å². The highest BCUT2D eigenvalue weighted by molar-refractivity contribution is 7.92.